The molecule has 6 N–H and O–H groups in total. The van der Waals surface area contributed by atoms with Crippen molar-refractivity contribution in [2.75, 3.05) is 33.7 Å². The van der Waals surface area contributed by atoms with Gasteiger partial charge in [0.2, 0.25) is 5.78 Å². The third kappa shape index (κ3) is 3.54. The maximum Gasteiger partial charge on any atom is 0.255 e. The van der Waals surface area contributed by atoms with Crippen LogP contribution in [0.2, 0.25) is 0 Å². The molecule has 1 aliphatic heterocycles. The largest absolute Gasteiger partial charge is 0.508 e. The highest BCUT2D eigenvalue weighted by molar-refractivity contribution is 6.23. The lowest BCUT2D eigenvalue weighted by Crippen LogP contribution is -2.67. The number of nitrogens with zero attached hydrogens (tertiary/aromatic N) is 2. The standard InChI is InChI=1S/C28H35N3O7/c1-4-30(2)13-27-11-16-9-15-8-14(17-6-5-7-31(17)3)10-18(32)20(15)23(34)21(16)24(35)28(27,38)25(36)22(26(29)37)19(33)12-27/h8,10,16-17,32,34,36,38H,4-7,9,11-13H2,1-3H3,(H2,29,37)/t16?,17?,27-,28-/m0/s1. The summed E-state index contributed by atoms with van der Waals surface area (Å²) in [4.78, 5) is 43.2. The average molecular weight is 526 g/mol. The summed E-state index contributed by atoms with van der Waals surface area (Å²) in [5.74, 6) is -5.21. The number of benzene rings is 1. The normalized spacial score (nSPS) is 31.5. The zero-order chi connectivity index (χ0) is 27.7. The number of phenolic OH excluding ortho intramolecular Hbond substituents is 1. The molecule has 1 saturated heterocycles. The van der Waals surface area contributed by atoms with Crippen LogP contribution in [-0.2, 0) is 20.8 Å². The molecule has 10 heteroatoms. The number of primary amides is 1. The first kappa shape index (κ1) is 26.4. The van der Waals surface area contributed by atoms with Crippen molar-refractivity contribution in [1.29, 1.82) is 0 Å². The van der Waals surface area contributed by atoms with Gasteiger partial charge in [0.25, 0.3) is 5.91 Å². The van der Waals surface area contributed by atoms with Crippen LogP contribution in [0, 0.1) is 11.3 Å². The van der Waals surface area contributed by atoms with E-state index >= 15 is 0 Å². The molecular weight excluding hydrogens is 490 g/mol. The number of nitrogens with two attached hydrogens (primary N) is 1. The number of phenols is 1. The number of hydrogen-bond donors (Lipinski definition) is 5. The van der Waals surface area contributed by atoms with E-state index in [0.29, 0.717) is 18.5 Å². The maximum absolute atomic E-state index is 14.1. The molecule has 4 aliphatic rings. The molecule has 4 atom stereocenters. The summed E-state index contributed by atoms with van der Waals surface area (Å²) in [5, 5.41) is 45.4. The van der Waals surface area contributed by atoms with Crippen LogP contribution in [0.25, 0.3) is 5.76 Å². The fourth-order valence-electron chi connectivity index (χ4n) is 7.27. The van der Waals surface area contributed by atoms with Gasteiger partial charge in [-0.2, -0.15) is 0 Å². The smallest absolute Gasteiger partial charge is 0.255 e. The van der Waals surface area contributed by atoms with Gasteiger partial charge in [0.1, 0.15) is 22.8 Å². The molecule has 0 aromatic heterocycles. The minimum atomic E-state index is -2.64. The molecule has 1 aromatic carbocycles. The van der Waals surface area contributed by atoms with Crippen LogP contribution in [-0.4, -0.2) is 87.0 Å². The van der Waals surface area contributed by atoms with Gasteiger partial charge in [0, 0.05) is 30.0 Å². The average Bonchev–Trinajstić information content (AvgIpc) is 3.26. The SMILES string of the molecule is CCN(C)C[C@]12CC(=O)C(C(N)=O)=C(O)[C@@]1(O)C(=O)C1=C(O)c3c(O)cc(C4CCCN4C)cc3CC1C2. The summed E-state index contributed by atoms with van der Waals surface area (Å²) < 4.78 is 0. The Morgan fingerprint density at radius 3 is 2.55 bits per heavy atom. The second kappa shape index (κ2) is 8.93. The first-order chi connectivity index (χ1) is 17.9. The lowest BCUT2D eigenvalue weighted by atomic mass is 9.51. The number of hydrogen-bond acceptors (Lipinski definition) is 9. The number of Topliss-reactive ketones (excluding diaryl/α,β-unsaturated/α-hetero) is 2. The van der Waals surface area contributed by atoms with E-state index in [1.54, 1.807) is 13.1 Å². The van der Waals surface area contributed by atoms with Gasteiger partial charge >= 0.3 is 0 Å². The van der Waals surface area contributed by atoms with Crippen molar-refractivity contribution >= 4 is 23.2 Å². The fourth-order valence-corrected chi connectivity index (χ4v) is 7.27. The van der Waals surface area contributed by atoms with Gasteiger partial charge < -0.3 is 31.1 Å². The van der Waals surface area contributed by atoms with Gasteiger partial charge in [0.15, 0.2) is 11.4 Å². The van der Waals surface area contributed by atoms with E-state index < -0.39 is 51.5 Å². The predicted octanol–water partition coefficient (Wildman–Crippen LogP) is 1.51. The number of ketones is 2. The number of aromatic hydroxyl groups is 1. The molecule has 0 bridgehead atoms. The molecule has 204 valence electrons. The van der Waals surface area contributed by atoms with E-state index in [-0.39, 0.29) is 42.3 Å². The van der Waals surface area contributed by atoms with Crippen LogP contribution in [0.15, 0.2) is 29.0 Å². The van der Waals surface area contributed by atoms with Crippen molar-refractivity contribution in [1.82, 2.24) is 9.80 Å². The van der Waals surface area contributed by atoms with Gasteiger partial charge in [-0.15, -0.1) is 0 Å². The third-order valence-electron chi connectivity index (χ3n) is 9.19. The van der Waals surface area contributed by atoms with Crippen LogP contribution in [0.4, 0.5) is 0 Å². The Hall–Kier alpha value is -3.21. The van der Waals surface area contributed by atoms with Crippen molar-refractivity contribution in [3.05, 3.63) is 45.7 Å². The van der Waals surface area contributed by atoms with Crippen molar-refractivity contribution in [3.63, 3.8) is 0 Å². The number of rotatable bonds is 5. The molecule has 3 aliphatic carbocycles. The highest BCUT2D eigenvalue weighted by atomic mass is 16.3. The summed E-state index contributed by atoms with van der Waals surface area (Å²) in [6.45, 7) is 3.46. The zero-order valence-corrected chi connectivity index (χ0v) is 22.0. The second-order valence-corrected chi connectivity index (χ2v) is 11.4. The number of amides is 1. The number of carbonyl (C=O) groups excluding carboxylic acids is 3. The van der Waals surface area contributed by atoms with Gasteiger partial charge in [-0.1, -0.05) is 13.0 Å². The number of aliphatic hydroxyl groups excluding tert-OH is 2. The lowest BCUT2D eigenvalue weighted by Gasteiger charge is -2.55. The summed E-state index contributed by atoms with van der Waals surface area (Å²) in [7, 11) is 3.80. The highest BCUT2D eigenvalue weighted by Gasteiger charge is 2.68. The van der Waals surface area contributed by atoms with Gasteiger partial charge in [-0.05, 0) is 76.0 Å². The van der Waals surface area contributed by atoms with Gasteiger partial charge in [0.05, 0.1) is 5.56 Å². The number of fused-ring (bicyclic) bond motifs is 3. The number of likely N-dealkylation sites (tertiary alicyclic amines) is 1. The van der Waals surface area contributed by atoms with Crippen LogP contribution in [0.5, 0.6) is 5.75 Å². The molecule has 0 spiro atoms. The van der Waals surface area contributed by atoms with Crippen molar-refractivity contribution < 1.29 is 34.8 Å². The fraction of sp³-hybridized carbons (Fsp3) is 0.536. The Morgan fingerprint density at radius 1 is 1.24 bits per heavy atom. The maximum atomic E-state index is 14.1. The van der Waals surface area contributed by atoms with Crippen LogP contribution in [0.3, 0.4) is 0 Å². The molecule has 0 radical (unpaired) electrons. The van der Waals surface area contributed by atoms with Gasteiger partial charge in [-0.25, -0.2) is 0 Å². The van der Waals surface area contributed by atoms with Crippen LogP contribution in [0.1, 0.15) is 55.3 Å². The van der Waals surface area contributed by atoms with E-state index in [4.69, 9.17) is 5.73 Å². The van der Waals surface area contributed by atoms with Crippen molar-refractivity contribution in [3.8, 4) is 5.75 Å². The molecule has 38 heavy (non-hydrogen) atoms. The van der Waals surface area contributed by atoms with E-state index in [1.807, 2.05) is 24.9 Å². The Balaban J connectivity index is 1.69. The number of carbonyl (C=O) groups is 3. The quantitative estimate of drug-likeness (QED) is 0.358. The molecule has 10 nitrogen and oxygen atoms in total. The molecule has 2 fully saturated rings. The Labute approximate surface area is 221 Å². The molecule has 1 heterocycles. The summed E-state index contributed by atoms with van der Waals surface area (Å²) in [5.41, 5.74) is 2.08. The van der Waals surface area contributed by atoms with E-state index in [1.165, 1.54) is 0 Å². The summed E-state index contributed by atoms with van der Waals surface area (Å²) in [6.07, 6.45) is 2.01. The van der Waals surface area contributed by atoms with E-state index in [9.17, 15) is 34.8 Å². The predicted molar refractivity (Wildman–Crippen MR) is 138 cm³/mol. The zero-order valence-electron chi connectivity index (χ0n) is 22.0. The van der Waals surface area contributed by atoms with E-state index in [2.05, 4.69) is 4.90 Å². The van der Waals surface area contributed by atoms with Crippen molar-refractivity contribution in [2.45, 2.75) is 50.7 Å². The molecule has 1 aromatic rings. The molecule has 1 saturated carbocycles. The highest BCUT2D eigenvalue weighted by Crippen LogP contribution is 2.58. The molecule has 1 amide bonds. The van der Waals surface area contributed by atoms with Crippen molar-refractivity contribution in [2.24, 2.45) is 17.1 Å². The molecule has 2 unspecified atom stereocenters. The molecule has 5 rings (SSSR count). The summed E-state index contributed by atoms with van der Waals surface area (Å²) in [6, 6.07) is 3.69. The third-order valence-corrected chi connectivity index (χ3v) is 9.19. The van der Waals surface area contributed by atoms with E-state index in [0.717, 1.165) is 24.9 Å². The Kier molecular flexibility index (Phi) is 6.20. The van der Waals surface area contributed by atoms with Crippen LogP contribution < -0.4 is 5.73 Å². The topological polar surface area (TPSA) is 165 Å². The first-order valence-electron chi connectivity index (χ1n) is 13.1. The Bertz CT molecular complexity index is 1320. The number of aliphatic hydroxyl groups is 3. The minimum Gasteiger partial charge on any atom is -0.508 e. The molecular formula is C28H35N3O7. The minimum absolute atomic E-state index is 0.0864. The second-order valence-electron chi connectivity index (χ2n) is 11.4. The van der Waals surface area contributed by atoms with Gasteiger partial charge in [-0.3, -0.25) is 19.3 Å². The van der Waals surface area contributed by atoms with Crippen LogP contribution >= 0.6 is 0 Å². The summed E-state index contributed by atoms with van der Waals surface area (Å²) >= 11 is 0. The lowest BCUT2D eigenvalue weighted by molar-refractivity contribution is -0.166. The monoisotopic (exact) mass is 525 g/mol. The Morgan fingerprint density at radius 2 is 1.95 bits per heavy atom. The first-order valence-corrected chi connectivity index (χ1v) is 13.1.